The topological polar surface area (TPSA) is 14.2 Å². The molecule has 3 aromatic rings. The summed E-state index contributed by atoms with van der Waals surface area (Å²) in [5.41, 5.74) is 1.10. The minimum Gasteiger partial charge on any atom is -0.361 e. The predicted molar refractivity (Wildman–Crippen MR) is 117 cm³/mol. The molecule has 2 nitrogen and oxygen atoms in total. The summed E-state index contributed by atoms with van der Waals surface area (Å²) in [7, 11) is -1.07. The van der Waals surface area contributed by atoms with E-state index in [2.05, 4.69) is 36.3 Å². The fraction of sp³-hybridized carbons (Fsp3) is 0.300. The van der Waals surface area contributed by atoms with Gasteiger partial charge in [-0.3, -0.25) is 0 Å². The first-order valence-electron chi connectivity index (χ1n) is 8.61. The Kier molecular flexibility index (Phi) is 6.41. The smallest absolute Gasteiger partial charge is 0.122 e. The Morgan fingerprint density at radius 2 is 1.73 bits per heavy atom. The zero-order chi connectivity index (χ0) is 18.7. The minimum atomic E-state index is -1.07. The fourth-order valence-electron chi connectivity index (χ4n) is 2.58. The lowest BCUT2D eigenvalue weighted by Gasteiger charge is -2.16. The van der Waals surface area contributed by atoms with Crippen molar-refractivity contribution in [2.75, 3.05) is 6.61 Å². The molecular weight excluding hydrogens is 401 g/mol. The Morgan fingerprint density at radius 1 is 1.00 bits per heavy atom. The molecule has 26 heavy (non-hydrogen) atoms. The van der Waals surface area contributed by atoms with E-state index in [4.69, 9.17) is 27.9 Å². The normalized spacial score (nSPS) is 12.0. The van der Waals surface area contributed by atoms with Crippen LogP contribution in [-0.2, 0) is 11.5 Å². The molecule has 0 aliphatic carbocycles. The minimum absolute atomic E-state index is 0.555. The quantitative estimate of drug-likeness (QED) is 0.290. The monoisotopic (exact) mass is 423 g/mol. The number of ether oxygens (including phenoxy) is 1. The number of hydrogen-bond acceptors (Lipinski definition) is 2. The molecule has 0 unspecified atom stereocenters. The first-order valence-corrected chi connectivity index (χ1v) is 13.9. The molecule has 1 heterocycles. The molecule has 138 valence electrons. The van der Waals surface area contributed by atoms with E-state index in [-0.39, 0.29) is 0 Å². The molecule has 6 heteroatoms. The van der Waals surface area contributed by atoms with E-state index in [0.29, 0.717) is 6.73 Å². The third-order valence-corrected chi connectivity index (χ3v) is 7.34. The van der Waals surface area contributed by atoms with Crippen molar-refractivity contribution in [1.82, 2.24) is 4.57 Å². The molecule has 0 aliphatic rings. The molecule has 0 saturated carbocycles. The highest BCUT2D eigenvalue weighted by Crippen LogP contribution is 2.35. The van der Waals surface area contributed by atoms with Crippen molar-refractivity contribution >= 4 is 53.9 Å². The van der Waals surface area contributed by atoms with Gasteiger partial charge in [-0.2, -0.15) is 0 Å². The van der Waals surface area contributed by atoms with E-state index < -0.39 is 8.07 Å². The van der Waals surface area contributed by atoms with Gasteiger partial charge in [-0.25, -0.2) is 0 Å². The first-order chi connectivity index (χ1) is 12.3. The standard InChI is InChI=1S/C20H23Cl2NOSSi/c1-26(2,3)11-10-24-14-23-9-8-18-19(22)12-17(13-20(18)23)25-16-6-4-15(21)5-7-16/h4-9,12-13H,10-11,14H2,1-3H3. The number of aromatic nitrogens is 1. The molecule has 1 aromatic heterocycles. The van der Waals surface area contributed by atoms with Gasteiger partial charge in [0.15, 0.2) is 0 Å². The lowest BCUT2D eigenvalue weighted by Crippen LogP contribution is -2.21. The van der Waals surface area contributed by atoms with Crippen molar-refractivity contribution in [3.05, 3.63) is 58.7 Å². The van der Waals surface area contributed by atoms with Crippen LogP contribution in [0.4, 0.5) is 0 Å². The Labute approximate surface area is 170 Å². The van der Waals surface area contributed by atoms with Crippen molar-refractivity contribution in [3.8, 4) is 0 Å². The first kappa shape index (κ1) is 19.8. The summed E-state index contributed by atoms with van der Waals surface area (Å²) in [6.07, 6.45) is 2.04. The highest BCUT2D eigenvalue weighted by Gasteiger charge is 2.13. The molecule has 0 atom stereocenters. The Hall–Kier alpha value is -0.913. The van der Waals surface area contributed by atoms with Gasteiger partial charge in [-0.1, -0.05) is 54.6 Å². The zero-order valence-corrected chi connectivity index (χ0v) is 18.6. The van der Waals surface area contributed by atoms with Crippen LogP contribution in [0.3, 0.4) is 0 Å². The largest absolute Gasteiger partial charge is 0.361 e. The van der Waals surface area contributed by atoms with Gasteiger partial charge in [0.25, 0.3) is 0 Å². The maximum Gasteiger partial charge on any atom is 0.122 e. The van der Waals surface area contributed by atoms with Crippen LogP contribution < -0.4 is 0 Å². The van der Waals surface area contributed by atoms with Crippen LogP contribution in [0.5, 0.6) is 0 Å². The van der Waals surface area contributed by atoms with Crippen molar-refractivity contribution < 1.29 is 4.74 Å². The SMILES string of the molecule is C[Si](C)(C)CCOCn1ccc2c(Cl)cc(Sc3ccc(Cl)cc3)cc21. The van der Waals surface area contributed by atoms with Gasteiger partial charge < -0.3 is 9.30 Å². The summed E-state index contributed by atoms with van der Waals surface area (Å²) in [5.74, 6) is 0. The average Bonchev–Trinajstić information content (AvgIpc) is 2.96. The molecule has 2 aromatic carbocycles. The zero-order valence-electron chi connectivity index (χ0n) is 15.3. The van der Waals surface area contributed by atoms with Crippen LogP contribution in [0.25, 0.3) is 10.9 Å². The second-order valence-electron chi connectivity index (χ2n) is 7.53. The lowest BCUT2D eigenvalue weighted by molar-refractivity contribution is 0.0902. The van der Waals surface area contributed by atoms with E-state index >= 15 is 0 Å². The summed E-state index contributed by atoms with van der Waals surface area (Å²) in [5, 5.41) is 2.56. The molecule has 0 spiro atoms. The molecule has 0 amide bonds. The average molecular weight is 424 g/mol. The predicted octanol–water partition coefficient (Wildman–Crippen LogP) is 7.41. The van der Waals surface area contributed by atoms with Crippen molar-refractivity contribution in [2.24, 2.45) is 0 Å². The summed E-state index contributed by atoms with van der Waals surface area (Å²) in [4.78, 5) is 2.24. The van der Waals surface area contributed by atoms with Crippen LogP contribution in [-0.4, -0.2) is 19.2 Å². The van der Waals surface area contributed by atoms with Crippen LogP contribution >= 0.6 is 35.0 Å². The van der Waals surface area contributed by atoms with Crippen molar-refractivity contribution in [3.63, 3.8) is 0 Å². The van der Waals surface area contributed by atoms with Crippen molar-refractivity contribution in [1.29, 1.82) is 0 Å². The second-order valence-corrected chi connectivity index (χ2v) is 15.1. The van der Waals surface area contributed by atoms with E-state index in [0.717, 1.165) is 37.3 Å². The van der Waals surface area contributed by atoms with Crippen LogP contribution in [0, 0.1) is 0 Å². The number of hydrogen-bond donors (Lipinski definition) is 0. The van der Waals surface area contributed by atoms with Crippen LogP contribution in [0.15, 0.2) is 58.5 Å². The molecule has 0 N–H and O–H groups in total. The summed E-state index contributed by atoms with van der Waals surface area (Å²) < 4.78 is 8.03. The summed E-state index contributed by atoms with van der Waals surface area (Å²) in [6.45, 7) is 8.45. The van der Waals surface area contributed by atoms with Gasteiger partial charge in [-0.05, 0) is 48.5 Å². The van der Waals surface area contributed by atoms with Gasteiger partial charge in [0, 0.05) is 41.1 Å². The fourth-order valence-corrected chi connectivity index (χ4v) is 4.69. The summed E-state index contributed by atoms with van der Waals surface area (Å²) >= 11 is 14.2. The summed E-state index contributed by atoms with van der Waals surface area (Å²) in [6, 6.07) is 15.2. The third kappa shape index (κ3) is 5.30. The maximum atomic E-state index is 6.51. The van der Waals surface area contributed by atoms with Gasteiger partial charge >= 0.3 is 0 Å². The molecule has 3 rings (SSSR count). The van der Waals surface area contributed by atoms with Crippen LogP contribution in [0.1, 0.15) is 0 Å². The van der Waals surface area contributed by atoms with Gasteiger partial charge in [0.2, 0.25) is 0 Å². The lowest BCUT2D eigenvalue weighted by atomic mass is 10.2. The van der Waals surface area contributed by atoms with Crippen LogP contribution in [0.2, 0.25) is 35.7 Å². The van der Waals surface area contributed by atoms with Gasteiger partial charge in [-0.15, -0.1) is 0 Å². The Morgan fingerprint density at radius 3 is 2.42 bits per heavy atom. The molecule has 0 aliphatic heterocycles. The molecule has 0 saturated heterocycles. The number of fused-ring (bicyclic) bond motifs is 1. The molecule has 0 bridgehead atoms. The van der Waals surface area contributed by atoms with Gasteiger partial charge in [0.1, 0.15) is 6.73 Å². The third-order valence-electron chi connectivity index (χ3n) is 4.09. The van der Waals surface area contributed by atoms with E-state index in [1.807, 2.05) is 36.5 Å². The molecule has 0 fully saturated rings. The number of halogens is 2. The molecule has 0 radical (unpaired) electrons. The molecular formula is C20H23Cl2NOSSi. The number of nitrogens with zero attached hydrogens (tertiary/aromatic N) is 1. The highest BCUT2D eigenvalue weighted by atomic mass is 35.5. The van der Waals surface area contributed by atoms with E-state index in [9.17, 15) is 0 Å². The highest BCUT2D eigenvalue weighted by molar-refractivity contribution is 7.99. The maximum absolute atomic E-state index is 6.51. The number of benzene rings is 2. The Bertz CT molecular complexity index is 887. The van der Waals surface area contributed by atoms with Crippen molar-refractivity contribution in [2.45, 2.75) is 42.2 Å². The van der Waals surface area contributed by atoms with Gasteiger partial charge in [0.05, 0.1) is 10.5 Å². The van der Waals surface area contributed by atoms with E-state index in [1.54, 1.807) is 11.8 Å². The Balaban J connectivity index is 1.76. The second kappa shape index (κ2) is 8.40. The number of rotatable bonds is 7. The van der Waals surface area contributed by atoms with E-state index in [1.165, 1.54) is 6.04 Å².